The molecular weight excluding hydrogens is 262 g/mol. The zero-order valence-electron chi connectivity index (χ0n) is 12.2. The Morgan fingerprint density at radius 3 is 2.25 bits per heavy atom. The summed E-state index contributed by atoms with van der Waals surface area (Å²) in [5.74, 6) is -1.26. The molecule has 0 heterocycles. The molecule has 0 fully saturated rings. The summed E-state index contributed by atoms with van der Waals surface area (Å²) in [6.07, 6.45) is 0.794. The fourth-order valence-corrected chi connectivity index (χ4v) is 1.74. The summed E-state index contributed by atoms with van der Waals surface area (Å²) in [5, 5.41) is 5.95. The van der Waals surface area contributed by atoms with Crippen molar-refractivity contribution < 1.29 is 13.6 Å². The first kappa shape index (κ1) is 16.6. The second-order valence-corrected chi connectivity index (χ2v) is 5.80. The van der Waals surface area contributed by atoms with Gasteiger partial charge in [-0.25, -0.2) is 8.78 Å². The number of benzene rings is 1. The van der Waals surface area contributed by atoms with E-state index in [9.17, 15) is 13.6 Å². The highest BCUT2D eigenvalue weighted by Gasteiger charge is 2.09. The molecule has 5 heteroatoms. The maximum atomic E-state index is 13.0. The number of nitrogens with one attached hydrogen (secondary N) is 2. The topological polar surface area (TPSA) is 41.1 Å². The third-order valence-corrected chi connectivity index (χ3v) is 2.67. The summed E-state index contributed by atoms with van der Waals surface area (Å²) in [7, 11) is 0. The average molecular weight is 284 g/mol. The summed E-state index contributed by atoms with van der Waals surface area (Å²) in [5.41, 5.74) is 0.523. The van der Waals surface area contributed by atoms with Gasteiger partial charge in [-0.15, -0.1) is 0 Å². The zero-order chi connectivity index (χ0) is 15.2. The van der Waals surface area contributed by atoms with E-state index in [-0.39, 0.29) is 11.4 Å². The Morgan fingerprint density at radius 1 is 1.10 bits per heavy atom. The fraction of sp³-hybridized carbons (Fsp3) is 0.533. The molecule has 0 radical (unpaired) electrons. The van der Waals surface area contributed by atoms with Crippen molar-refractivity contribution in [1.82, 2.24) is 10.6 Å². The minimum Gasteiger partial charge on any atom is -0.356 e. The van der Waals surface area contributed by atoms with E-state index in [1.807, 2.05) is 20.8 Å². The lowest BCUT2D eigenvalue weighted by molar-refractivity contribution is -0.121. The van der Waals surface area contributed by atoms with Crippen LogP contribution in [0.2, 0.25) is 0 Å². The van der Waals surface area contributed by atoms with Gasteiger partial charge in [0.15, 0.2) is 0 Å². The Morgan fingerprint density at radius 2 is 1.70 bits per heavy atom. The van der Waals surface area contributed by atoms with Gasteiger partial charge in [0.25, 0.3) is 0 Å². The SMILES string of the molecule is CC(C)(C)NCCC(=O)NCCc1cc(F)cc(F)c1. The van der Waals surface area contributed by atoms with Crippen molar-refractivity contribution in [2.24, 2.45) is 0 Å². The lowest BCUT2D eigenvalue weighted by Gasteiger charge is -2.20. The van der Waals surface area contributed by atoms with Crippen molar-refractivity contribution in [2.75, 3.05) is 13.1 Å². The minimum atomic E-state index is -0.597. The number of amides is 1. The Balaban J connectivity index is 2.25. The van der Waals surface area contributed by atoms with Gasteiger partial charge < -0.3 is 10.6 Å². The van der Waals surface area contributed by atoms with Crippen LogP contribution in [0.15, 0.2) is 18.2 Å². The second kappa shape index (κ2) is 7.33. The lowest BCUT2D eigenvalue weighted by atomic mass is 10.1. The molecule has 112 valence electrons. The third-order valence-electron chi connectivity index (χ3n) is 2.67. The second-order valence-electron chi connectivity index (χ2n) is 5.80. The smallest absolute Gasteiger partial charge is 0.221 e. The molecule has 0 aliphatic carbocycles. The van der Waals surface area contributed by atoms with E-state index < -0.39 is 11.6 Å². The monoisotopic (exact) mass is 284 g/mol. The van der Waals surface area contributed by atoms with Crippen LogP contribution in [0.25, 0.3) is 0 Å². The molecule has 1 rings (SSSR count). The van der Waals surface area contributed by atoms with E-state index in [2.05, 4.69) is 10.6 Å². The van der Waals surface area contributed by atoms with Crippen molar-refractivity contribution in [2.45, 2.75) is 39.2 Å². The van der Waals surface area contributed by atoms with Crippen LogP contribution >= 0.6 is 0 Å². The molecule has 1 aromatic carbocycles. The number of halogens is 2. The van der Waals surface area contributed by atoms with Crippen LogP contribution in [0, 0.1) is 11.6 Å². The maximum Gasteiger partial charge on any atom is 0.221 e. The van der Waals surface area contributed by atoms with E-state index in [4.69, 9.17) is 0 Å². The number of hydrogen-bond donors (Lipinski definition) is 2. The standard InChI is InChI=1S/C15H22F2N2O/c1-15(2,3)19-7-5-14(20)18-6-4-11-8-12(16)10-13(17)9-11/h8-10,19H,4-7H2,1-3H3,(H,18,20). The summed E-state index contributed by atoms with van der Waals surface area (Å²) >= 11 is 0. The van der Waals surface area contributed by atoms with Crippen LogP contribution < -0.4 is 10.6 Å². The number of carbonyl (C=O) groups is 1. The average Bonchev–Trinajstić information content (AvgIpc) is 2.25. The molecule has 3 nitrogen and oxygen atoms in total. The lowest BCUT2D eigenvalue weighted by Crippen LogP contribution is -2.38. The van der Waals surface area contributed by atoms with E-state index in [0.29, 0.717) is 31.5 Å². The van der Waals surface area contributed by atoms with Gasteiger partial charge in [-0.05, 0) is 44.9 Å². The number of hydrogen-bond acceptors (Lipinski definition) is 2. The largest absolute Gasteiger partial charge is 0.356 e. The highest BCUT2D eigenvalue weighted by Crippen LogP contribution is 2.08. The van der Waals surface area contributed by atoms with Crippen LogP contribution in [0.4, 0.5) is 8.78 Å². The van der Waals surface area contributed by atoms with E-state index in [1.54, 1.807) is 0 Å². The minimum absolute atomic E-state index is 0.0145. The predicted molar refractivity (Wildman–Crippen MR) is 75.4 cm³/mol. The molecule has 0 aliphatic heterocycles. The summed E-state index contributed by atoms with van der Waals surface area (Å²) in [6.45, 7) is 7.07. The molecule has 1 amide bonds. The van der Waals surface area contributed by atoms with E-state index >= 15 is 0 Å². The van der Waals surface area contributed by atoms with Crippen LogP contribution in [0.5, 0.6) is 0 Å². The van der Waals surface area contributed by atoms with Gasteiger partial charge >= 0.3 is 0 Å². The highest BCUT2D eigenvalue weighted by atomic mass is 19.1. The third kappa shape index (κ3) is 7.19. The molecule has 2 N–H and O–H groups in total. The number of carbonyl (C=O) groups excluding carboxylic acids is 1. The molecule has 20 heavy (non-hydrogen) atoms. The van der Waals surface area contributed by atoms with Crippen molar-refractivity contribution in [3.8, 4) is 0 Å². The summed E-state index contributed by atoms with van der Waals surface area (Å²) < 4.78 is 25.9. The van der Waals surface area contributed by atoms with Gasteiger partial charge in [0.05, 0.1) is 0 Å². The van der Waals surface area contributed by atoms with Gasteiger partial charge in [-0.1, -0.05) is 0 Å². The molecule has 0 atom stereocenters. The predicted octanol–water partition coefficient (Wildman–Crippen LogP) is 2.40. The molecular formula is C15H22F2N2O. The first-order chi connectivity index (χ1) is 9.26. The Kier molecular flexibility index (Phi) is 6.07. The summed E-state index contributed by atoms with van der Waals surface area (Å²) in [4.78, 5) is 11.6. The first-order valence-corrected chi connectivity index (χ1v) is 6.73. The Hall–Kier alpha value is -1.49. The van der Waals surface area contributed by atoms with Gasteiger partial charge in [-0.2, -0.15) is 0 Å². The van der Waals surface area contributed by atoms with E-state index in [0.717, 1.165) is 6.07 Å². The Labute approximate surface area is 118 Å². The molecule has 0 bridgehead atoms. The van der Waals surface area contributed by atoms with Crippen molar-refractivity contribution in [3.63, 3.8) is 0 Å². The molecule has 0 unspecified atom stereocenters. The molecule has 0 spiro atoms. The van der Waals surface area contributed by atoms with Crippen LogP contribution in [-0.2, 0) is 11.2 Å². The molecule has 0 aromatic heterocycles. The van der Waals surface area contributed by atoms with Crippen molar-refractivity contribution in [3.05, 3.63) is 35.4 Å². The molecule has 0 aliphatic rings. The van der Waals surface area contributed by atoms with E-state index in [1.165, 1.54) is 12.1 Å². The van der Waals surface area contributed by atoms with Gasteiger partial charge in [0, 0.05) is 31.1 Å². The molecule has 0 saturated heterocycles. The zero-order valence-corrected chi connectivity index (χ0v) is 12.2. The van der Waals surface area contributed by atoms with Crippen LogP contribution in [0.3, 0.4) is 0 Å². The van der Waals surface area contributed by atoms with Gasteiger partial charge in [0.2, 0.25) is 5.91 Å². The van der Waals surface area contributed by atoms with Crippen LogP contribution in [0.1, 0.15) is 32.8 Å². The normalized spacial score (nSPS) is 11.4. The Bertz CT molecular complexity index is 435. The van der Waals surface area contributed by atoms with Crippen LogP contribution in [-0.4, -0.2) is 24.5 Å². The highest BCUT2D eigenvalue weighted by molar-refractivity contribution is 5.76. The molecule has 1 aromatic rings. The first-order valence-electron chi connectivity index (χ1n) is 6.73. The quantitative estimate of drug-likeness (QED) is 0.842. The van der Waals surface area contributed by atoms with Gasteiger partial charge in [0.1, 0.15) is 11.6 Å². The maximum absolute atomic E-state index is 13.0. The van der Waals surface area contributed by atoms with Crippen molar-refractivity contribution >= 4 is 5.91 Å². The number of rotatable bonds is 6. The molecule has 0 saturated carbocycles. The summed E-state index contributed by atoms with van der Waals surface area (Å²) in [6, 6.07) is 3.38. The van der Waals surface area contributed by atoms with Gasteiger partial charge in [-0.3, -0.25) is 4.79 Å². The van der Waals surface area contributed by atoms with Crippen molar-refractivity contribution in [1.29, 1.82) is 0 Å². The fourth-order valence-electron chi connectivity index (χ4n) is 1.74.